The molecule has 0 fully saturated rings. The maximum Gasteiger partial charge on any atom is 0.407 e. The number of carbonyl (C=O) groups is 7. The fraction of sp³-hybridized carbons (Fsp3) is 0.587. The molecule has 4 bridgehead atoms. The molecule has 4 atom stereocenters. The van der Waals surface area contributed by atoms with Crippen LogP contribution < -0.4 is 41.4 Å². The van der Waals surface area contributed by atoms with Crippen molar-refractivity contribution in [1.82, 2.24) is 36.8 Å². The van der Waals surface area contributed by atoms with Crippen LogP contribution in [0.3, 0.4) is 0 Å². The Morgan fingerprint density at radius 3 is 1.68 bits per heavy atom. The minimum Gasteiger partial charge on any atom is -0.491 e. The zero-order chi connectivity index (χ0) is 49.6. The van der Waals surface area contributed by atoms with E-state index in [4.69, 9.17) is 28.4 Å². The second-order valence-corrected chi connectivity index (χ2v) is 18.6. The third kappa shape index (κ3) is 17.6. The number of esters is 1. The lowest BCUT2D eigenvalue weighted by atomic mass is 9.93. The van der Waals surface area contributed by atoms with Gasteiger partial charge in [0.05, 0.1) is 26.2 Å². The predicted octanol–water partition coefficient (Wildman–Crippen LogP) is 3.88. The Morgan fingerprint density at radius 2 is 1.20 bits per heavy atom. The molecule has 6 N–H and O–H groups in total. The molecule has 0 radical (unpaired) electrons. The fourth-order valence-corrected chi connectivity index (χ4v) is 6.52. The number of hydrogen-bond acceptors (Lipinski definition) is 14. The van der Waals surface area contributed by atoms with E-state index in [2.05, 4.69) is 31.9 Å². The molecular formula is C46H69N7O13. The lowest BCUT2D eigenvalue weighted by molar-refractivity contribution is -0.145. The van der Waals surface area contributed by atoms with Gasteiger partial charge in [0.25, 0.3) is 0 Å². The van der Waals surface area contributed by atoms with E-state index >= 15 is 0 Å². The summed E-state index contributed by atoms with van der Waals surface area (Å²) >= 11 is 0. The van der Waals surface area contributed by atoms with Gasteiger partial charge in [-0.2, -0.15) is 0 Å². The van der Waals surface area contributed by atoms with E-state index in [1.807, 2.05) is 0 Å². The minimum atomic E-state index is -1.37. The molecule has 20 nitrogen and oxygen atoms in total. The van der Waals surface area contributed by atoms with Crippen LogP contribution in [0.2, 0.25) is 0 Å². The van der Waals surface area contributed by atoms with E-state index < -0.39 is 82.9 Å². The summed E-state index contributed by atoms with van der Waals surface area (Å²) in [7, 11) is 4.20. The van der Waals surface area contributed by atoms with Crippen LogP contribution in [0.5, 0.6) is 11.5 Å². The maximum atomic E-state index is 14.5. The van der Waals surface area contributed by atoms with Gasteiger partial charge >= 0.3 is 24.2 Å². The van der Waals surface area contributed by atoms with Gasteiger partial charge in [0, 0.05) is 31.1 Å². The van der Waals surface area contributed by atoms with Gasteiger partial charge in [-0.25, -0.2) is 19.2 Å². The first-order valence-corrected chi connectivity index (χ1v) is 21.8. The number of rotatable bonds is 15. The van der Waals surface area contributed by atoms with Crippen molar-refractivity contribution in [3.8, 4) is 22.6 Å². The summed E-state index contributed by atoms with van der Waals surface area (Å²) in [6.45, 7) is 17.2. The number of carbonyl (C=O) groups excluding carboxylic acids is 7. The summed E-state index contributed by atoms with van der Waals surface area (Å²) in [5.74, 6) is -2.10. The molecule has 1 aliphatic heterocycles. The van der Waals surface area contributed by atoms with E-state index in [1.54, 1.807) is 106 Å². The smallest absolute Gasteiger partial charge is 0.407 e. The fourth-order valence-electron chi connectivity index (χ4n) is 6.52. The van der Waals surface area contributed by atoms with Gasteiger partial charge in [-0.05, 0) is 118 Å². The molecule has 0 spiro atoms. The largest absolute Gasteiger partial charge is 0.491 e. The first-order chi connectivity index (χ1) is 30.7. The summed E-state index contributed by atoms with van der Waals surface area (Å²) in [5.41, 5.74) is -0.519. The van der Waals surface area contributed by atoms with Crippen LogP contribution in [0.15, 0.2) is 36.4 Å². The lowest BCUT2D eigenvalue weighted by Crippen LogP contribution is -2.54. The summed E-state index contributed by atoms with van der Waals surface area (Å²) < 4.78 is 33.6. The first-order valence-electron chi connectivity index (χ1n) is 21.8. The van der Waals surface area contributed by atoms with Gasteiger partial charge in [0.15, 0.2) is 0 Å². The number of nitrogens with zero attached hydrogens (tertiary/aromatic N) is 1. The van der Waals surface area contributed by atoms with E-state index in [0.717, 1.165) is 0 Å². The Labute approximate surface area is 387 Å². The number of fused-ring (bicyclic) bond motifs is 5. The molecule has 66 heavy (non-hydrogen) atoms. The van der Waals surface area contributed by atoms with Crippen molar-refractivity contribution in [3.63, 3.8) is 0 Å². The Balaban J connectivity index is 2.20. The van der Waals surface area contributed by atoms with Crippen LogP contribution in [0, 0.1) is 0 Å². The lowest BCUT2D eigenvalue weighted by Gasteiger charge is -2.32. The number of ether oxygens (including phenoxy) is 6. The molecule has 0 saturated heterocycles. The van der Waals surface area contributed by atoms with Gasteiger partial charge in [-0.15, -0.1) is 0 Å². The third-order valence-electron chi connectivity index (χ3n) is 9.43. The van der Waals surface area contributed by atoms with Crippen molar-refractivity contribution in [1.29, 1.82) is 0 Å². The second kappa shape index (κ2) is 23.7. The number of alkyl carbamates (subject to hydrolysis) is 3. The van der Waals surface area contributed by atoms with Crippen molar-refractivity contribution < 1.29 is 62.0 Å². The summed E-state index contributed by atoms with van der Waals surface area (Å²) in [6.07, 6.45) is -1.86. The van der Waals surface area contributed by atoms with E-state index in [-0.39, 0.29) is 51.4 Å². The average molecular weight is 928 g/mol. The second-order valence-electron chi connectivity index (χ2n) is 18.6. The Morgan fingerprint density at radius 1 is 0.712 bits per heavy atom. The Kier molecular flexibility index (Phi) is 19.4. The van der Waals surface area contributed by atoms with Crippen molar-refractivity contribution >= 4 is 42.0 Å². The third-order valence-corrected chi connectivity index (χ3v) is 9.43. The molecule has 20 heteroatoms. The molecule has 2 aromatic rings. The monoisotopic (exact) mass is 927 g/mol. The zero-order valence-corrected chi connectivity index (χ0v) is 40.5. The van der Waals surface area contributed by atoms with Crippen LogP contribution >= 0.6 is 0 Å². The highest BCUT2D eigenvalue weighted by molar-refractivity contribution is 5.95. The molecule has 366 valence electrons. The number of amides is 6. The van der Waals surface area contributed by atoms with Gasteiger partial charge in [-0.1, -0.05) is 12.1 Å². The average Bonchev–Trinajstić information content (AvgIpc) is 3.20. The van der Waals surface area contributed by atoms with Crippen LogP contribution in [0.4, 0.5) is 14.4 Å². The topological polar surface area (TPSA) is 250 Å². The van der Waals surface area contributed by atoms with Gasteiger partial charge in [-0.3, -0.25) is 14.4 Å². The number of benzene rings is 2. The molecule has 0 aliphatic carbocycles. The molecular weight excluding hydrogens is 859 g/mol. The highest BCUT2D eigenvalue weighted by Gasteiger charge is 2.35. The zero-order valence-electron chi connectivity index (χ0n) is 40.5. The van der Waals surface area contributed by atoms with Gasteiger partial charge < -0.3 is 65.2 Å². The van der Waals surface area contributed by atoms with Gasteiger partial charge in [0.2, 0.25) is 17.7 Å². The van der Waals surface area contributed by atoms with Crippen molar-refractivity contribution in [2.45, 2.75) is 123 Å². The minimum absolute atomic E-state index is 0.0174. The Hall–Kier alpha value is -6.31. The molecule has 1 heterocycles. The van der Waals surface area contributed by atoms with Crippen LogP contribution in [-0.2, 0) is 44.5 Å². The molecule has 0 aromatic heterocycles. The molecule has 1 aliphatic rings. The van der Waals surface area contributed by atoms with Crippen molar-refractivity contribution in [2.75, 3.05) is 54.1 Å². The standard InChI is InChI=1S/C46H69N7O13/c1-27-37(54)52-33(40(57)61-13)25-28-14-16-34(62-22-20-49-42(59)65-45(5,6)7)30(24-28)31-26-29(15-17-35(31)63-23-21-50-43(60)66-46(8,9)10)36(38(55)51-27)53(12)39(56)32(47-11)18-19-48-41(58)64-44(2,3)4/h14-17,24,26-27,32-33,36,47H,18-23,25H2,1-13H3,(H,48,58)(H,49,59)(H,50,60)(H,51,55)(H,52,54)/t27-,32-,33-,36-/m0/s1. The first kappa shape index (κ1) is 54.0. The van der Waals surface area contributed by atoms with Crippen molar-refractivity contribution in [3.05, 3.63) is 47.5 Å². The number of likely N-dealkylation sites (N-methyl/N-ethyl adjacent to an activating group) is 2. The van der Waals surface area contributed by atoms with Crippen LogP contribution in [0.1, 0.15) is 92.8 Å². The normalized spacial score (nSPS) is 17.0. The van der Waals surface area contributed by atoms with E-state index in [9.17, 15) is 33.6 Å². The predicted molar refractivity (Wildman–Crippen MR) is 244 cm³/mol. The number of methoxy groups -OCH3 is 1. The van der Waals surface area contributed by atoms with Crippen LogP contribution in [-0.4, -0.2) is 136 Å². The number of hydrogen-bond donors (Lipinski definition) is 6. The molecule has 0 saturated carbocycles. The molecule has 2 aromatic carbocycles. The maximum absolute atomic E-state index is 14.5. The molecule has 0 unspecified atom stereocenters. The SMILES string of the molecule is CN[C@@H](CCNC(=O)OC(C)(C)C)C(=O)N(C)[C@@H]1C(=O)N[C@@H](C)C(=O)N[C@H](C(=O)OC)Cc2ccc(OCCNC(=O)OC(C)(C)C)c(c2)-c2cc1ccc2OCCNC(=O)OC(C)(C)C. The molecule has 3 rings (SSSR count). The molecule has 6 amide bonds. The van der Waals surface area contributed by atoms with Gasteiger partial charge in [0.1, 0.15) is 59.6 Å². The van der Waals surface area contributed by atoms with Crippen molar-refractivity contribution in [2.24, 2.45) is 0 Å². The van der Waals surface area contributed by atoms with E-state index in [1.165, 1.54) is 26.0 Å². The highest BCUT2D eigenvalue weighted by atomic mass is 16.6. The van der Waals surface area contributed by atoms with Crippen LogP contribution in [0.25, 0.3) is 11.1 Å². The summed E-state index contributed by atoms with van der Waals surface area (Å²) in [6, 6.07) is 5.34. The number of nitrogens with one attached hydrogen (secondary N) is 6. The Bertz CT molecular complexity index is 2040. The van der Waals surface area contributed by atoms with E-state index in [0.29, 0.717) is 28.0 Å². The quantitative estimate of drug-likeness (QED) is 0.0843. The summed E-state index contributed by atoms with van der Waals surface area (Å²) in [5, 5.41) is 16.3. The summed E-state index contributed by atoms with van der Waals surface area (Å²) in [4.78, 5) is 94.0. The highest BCUT2D eigenvalue weighted by Crippen LogP contribution is 2.40.